The van der Waals surface area contributed by atoms with Crippen molar-refractivity contribution in [3.63, 3.8) is 0 Å². The van der Waals surface area contributed by atoms with Crippen LogP contribution in [0.15, 0.2) is 53.7 Å². The second kappa shape index (κ2) is 8.56. The summed E-state index contributed by atoms with van der Waals surface area (Å²) in [5.74, 6) is -0.547. The van der Waals surface area contributed by atoms with Crippen LogP contribution in [0.5, 0.6) is 0 Å². The first kappa shape index (κ1) is 21.1. The number of nitrogens with zero attached hydrogens (tertiary/aromatic N) is 5. The Morgan fingerprint density at radius 2 is 1.81 bits per heavy atom. The van der Waals surface area contributed by atoms with E-state index in [-0.39, 0.29) is 17.3 Å². The fourth-order valence-electron chi connectivity index (χ4n) is 3.81. The molecule has 1 aliphatic rings. The number of para-hydroxylation sites is 1. The van der Waals surface area contributed by atoms with E-state index in [9.17, 15) is 13.2 Å². The number of piperidine rings is 1. The zero-order chi connectivity index (χ0) is 22.0. The van der Waals surface area contributed by atoms with E-state index in [0.29, 0.717) is 25.1 Å². The van der Waals surface area contributed by atoms with Crippen LogP contribution < -0.4 is 5.32 Å². The van der Waals surface area contributed by atoms with Gasteiger partial charge in [0.05, 0.1) is 16.5 Å². The van der Waals surface area contributed by atoms with Crippen molar-refractivity contribution in [2.24, 2.45) is 5.92 Å². The highest BCUT2D eigenvalue weighted by Gasteiger charge is 2.33. The SMILES string of the molecule is Cc1cccc(C)c1NC(=O)[C@@H]1CCCN(S(=O)(=O)c2ccc(-n3cnnn3)cc2)C1. The van der Waals surface area contributed by atoms with Crippen LogP contribution in [0.25, 0.3) is 5.69 Å². The van der Waals surface area contributed by atoms with E-state index in [1.807, 2.05) is 32.0 Å². The summed E-state index contributed by atoms with van der Waals surface area (Å²) in [6.07, 6.45) is 2.72. The van der Waals surface area contributed by atoms with Gasteiger partial charge in [-0.1, -0.05) is 18.2 Å². The van der Waals surface area contributed by atoms with E-state index in [0.717, 1.165) is 16.8 Å². The van der Waals surface area contributed by atoms with E-state index < -0.39 is 15.9 Å². The van der Waals surface area contributed by atoms with Gasteiger partial charge in [-0.2, -0.15) is 4.31 Å². The number of nitrogens with one attached hydrogen (secondary N) is 1. The van der Waals surface area contributed by atoms with Crippen LogP contribution in [-0.4, -0.2) is 51.9 Å². The largest absolute Gasteiger partial charge is 0.325 e. The van der Waals surface area contributed by atoms with Crippen LogP contribution in [0.1, 0.15) is 24.0 Å². The number of rotatable bonds is 5. The summed E-state index contributed by atoms with van der Waals surface area (Å²) >= 11 is 0. The molecule has 0 bridgehead atoms. The predicted octanol–water partition coefficient (Wildman–Crippen LogP) is 2.32. The summed E-state index contributed by atoms with van der Waals surface area (Å²) in [6, 6.07) is 12.2. The molecule has 31 heavy (non-hydrogen) atoms. The van der Waals surface area contributed by atoms with E-state index >= 15 is 0 Å². The third-order valence-electron chi connectivity index (χ3n) is 5.57. The molecule has 1 amide bonds. The van der Waals surface area contributed by atoms with Gasteiger partial charge in [-0.25, -0.2) is 13.1 Å². The van der Waals surface area contributed by atoms with Gasteiger partial charge in [0.1, 0.15) is 6.33 Å². The Labute approximate surface area is 181 Å². The number of benzene rings is 2. The molecule has 0 aliphatic carbocycles. The van der Waals surface area contributed by atoms with Gasteiger partial charge < -0.3 is 5.32 Å². The van der Waals surface area contributed by atoms with Gasteiger partial charge in [-0.15, -0.1) is 5.10 Å². The molecular formula is C21H24N6O3S. The smallest absolute Gasteiger partial charge is 0.243 e. The number of hydrogen-bond acceptors (Lipinski definition) is 6. The molecule has 0 saturated carbocycles. The number of amides is 1. The lowest BCUT2D eigenvalue weighted by Gasteiger charge is -2.31. The topological polar surface area (TPSA) is 110 Å². The number of carbonyl (C=O) groups is 1. The zero-order valence-electron chi connectivity index (χ0n) is 17.4. The molecule has 1 atom stereocenters. The van der Waals surface area contributed by atoms with Crippen LogP contribution in [0.3, 0.4) is 0 Å². The maximum atomic E-state index is 13.2. The molecule has 0 unspecified atom stereocenters. The second-order valence-electron chi connectivity index (χ2n) is 7.71. The van der Waals surface area contributed by atoms with E-state index in [4.69, 9.17) is 0 Å². The first-order valence-corrected chi connectivity index (χ1v) is 11.5. The highest BCUT2D eigenvalue weighted by molar-refractivity contribution is 7.89. The Kier molecular flexibility index (Phi) is 5.84. The number of carbonyl (C=O) groups excluding carboxylic acids is 1. The minimum atomic E-state index is -3.71. The molecule has 1 saturated heterocycles. The first-order valence-electron chi connectivity index (χ1n) is 10.1. The van der Waals surface area contributed by atoms with Crippen LogP contribution >= 0.6 is 0 Å². The standard InChI is InChI=1S/C21H24N6O3S/c1-15-5-3-6-16(2)20(15)23-21(28)17-7-4-12-26(13-17)31(29,30)19-10-8-18(9-11-19)27-14-22-24-25-27/h3,5-6,8-11,14,17H,4,7,12-13H2,1-2H3,(H,23,28)/t17-/m1/s1. The Morgan fingerprint density at radius 3 is 2.45 bits per heavy atom. The van der Waals surface area contributed by atoms with Gasteiger partial charge in [-0.05, 0) is 72.5 Å². The molecular weight excluding hydrogens is 416 g/mol. The molecule has 9 nitrogen and oxygen atoms in total. The van der Waals surface area contributed by atoms with Gasteiger partial charge >= 0.3 is 0 Å². The number of anilines is 1. The summed E-state index contributed by atoms with van der Waals surface area (Å²) in [4.78, 5) is 13.1. The third-order valence-corrected chi connectivity index (χ3v) is 7.45. The predicted molar refractivity (Wildman–Crippen MR) is 115 cm³/mol. The van der Waals surface area contributed by atoms with Crippen molar-refractivity contribution in [2.75, 3.05) is 18.4 Å². The average molecular weight is 441 g/mol. The highest BCUT2D eigenvalue weighted by atomic mass is 32.2. The maximum Gasteiger partial charge on any atom is 0.243 e. The Morgan fingerprint density at radius 1 is 1.10 bits per heavy atom. The van der Waals surface area contributed by atoms with Crippen molar-refractivity contribution in [3.8, 4) is 5.69 Å². The van der Waals surface area contributed by atoms with E-state index in [1.54, 1.807) is 12.1 Å². The highest BCUT2D eigenvalue weighted by Crippen LogP contribution is 2.27. The molecule has 162 valence electrons. The second-order valence-corrected chi connectivity index (χ2v) is 9.64. The average Bonchev–Trinajstić information content (AvgIpc) is 3.31. The van der Waals surface area contributed by atoms with Crippen molar-refractivity contribution >= 4 is 21.6 Å². The van der Waals surface area contributed by atoms with Crippen LogP contribution in [-0.2, 0) is 14.8 Å². The van der Waals surface area contributed by atoms with Crippen LogP contribution in [0.4, 0.5) is 5.69 Å². The van der Waals surface area contributed by atoms with Crippen molar-refractivity contribution in [3.05, 3.63) is 59.9 Å². The number of tetrazole rings is 1. The maximum absolute atomic E-state index is 13.2. The molecule has 1 aliphatic heterocycles. The number of aromatic nitrogens is 4. The fraction of sp³-hybridized carbons (Fsp3) is 0.333. The molecule has 2 heterocycles. The van der Waals surface area contributed by atoms with Gasteiger partial charge in [0.2, 0.25) is 15.9 Å². The van der Waals surface area contributed by atoms with E-state index in [1.165, 1.54) is 27.4 Å². The van der Waals surface area contributed by atoms with Crippen LogP contribution in [0.2, 0.25) is 0 Å². The third kappa shape index (κ3) is 4.35. The molecule has 0 spiro atoms. The summed E-state index contributed by atoms with van der Waals surface area (Å²) in [7, 11) is -3.71. The summed E-state index contributed by atoms with van der Waals surface area (Å²) in [6.45, 7) is 4.44. The number of sulfonamides is 1. The summed E-state index contributed by atoms with van der Waals surface area (Å²) < 4.78 is 29.2. The minimum Gasteiger partial charge on any atom is -0.325 e. The molecule has 1 fully saturated rings. The fourth-order valence-corrected chi connectivity index (χ4v) is 5.33. The number of hydrogen-bond donors (Lipinski definition) is 1. The zero-order valence-corrected chi connectivity index (χ0v) is 18.2. The first-order chi connectivity index (χ1) is 14.9. The van der Waals surface area contributed by atoms with Gasteiger partial charge in [0.25, 0.3) is 0 Å². The molecule has 4 rings (SSSR count). The molecule has 10 heteroatoms. The van der Waals surface area contributed by atoms with Crippen molar-refractivity contribution in [2.45, 2.75) is 31.6 Å². The van der Waals surface area contributed by atoms with Gasteiger partial charge in [0.15, 0.2) is 0 Å². The molecule has 1 aromatic heterocycles. The lowest BCUT2D eigenvalue weighted by molar-refractivity contribution is -0.120. The Balaban J connectivity index is 1.49. The van der Waals surface area contributed by atoms with Gasteiger partial charge in [-0.3, -0.25) is 4.79 Å². The molecule has 0 radical (unpaired) electrons. The number of aryl methyl sites for hydroxylation is 2. The van der Waals surface area contributed by atoms with E-state index in [2.05, 4.69) is 20.8 Å². The Hall–Kier alpha value is -3.11. The van der Waals surface area contributed by atoms with Crippen molar-refractivity contribution in [1.29, 1.82) is 0 Å². The quantitative estimate of drug-likeness (QED) is 0.652. The van der Waals surface area contributed by atoms with Crippen molar-refractivity contribution in [1.82, 2.24) is 24.5 Å². The normalized spacial score (nSPS) is 17.4. The summed E-state index contributed by atoms with van der Waals surface area (Å²) in [5, 5.41) is 14.0. The monoisotopic (exact) mass is 440 g/mol. The molecule has 3 aromatic rings. The molecule has 2 aromatic carbocycles. The molecule has 1 N–H and O–H groups in total. The lowest BCUT2D eigenvalue weighted by Crippen LogP contribution is -2.43. The minimum absolute atomic E-state index is 0.147. The van der Waals surface area contributed by atoms with Gasteiger partial charge in [0, 0.05) is 18.8 Å². The van der Waals surface area contributed by atoms with Crippen LogP contribution in [0, 0.1) is 19.8 Å². The van der Waals surface area contributed by atoms with Crippen molar-refractivity contribution < 1.29 is 13.2 Å². The Bertz CT molecular complexity index is 1160. The lowest BCUT2D eigenvalue weighted by atomic mass is 9.98. The summed E-state index contributed by atoms with van der Waals surface area (Å²) in [5.41, 5.74) is 3.42.